The first-order valence-electron chi connectivity index (χ1n) is 10.3. The van der Waals surface area contributed by atoms with Crippen LogP contribution in [0.1, 0.15) is 12.5 Å². The van der Waals surface area contributed by atoms with Crippen LogP contribution in [-0.4, -0.2) is 53.8 Å². The molecule has 0 saturated heterocycles. The van der Waals surface area contributed by atoms with Crippen LogP contribution in [0.3, 0.4) is 0 Å². The maximum Gasteiger partial charge on any atom is 0.317 e. The number of aryl methyl sites for hydroxylation is 1. The molecule has 0 unspecified atom stereocenters. The summed E-state index contributed by atoms with van der Waals surface area (Å²) in [5, 5.41) is 11.1. The van der Waals surface area contributed by atoms with Gasteiger partial charge in [-0.3, -0.25) is 14.2 Å². The quantitative estimate of drug-likeness (QED) is 0.452. The summed E-state index contributed by atoms with van der Waals surface area (Å²) in [5.74, 6) is 0. The summed E-state index contributed by atoms with van der Waals surface area (Å²) in [4.78, 5) is 25.4. The molecule has 0 aliphatic rings. The van der Waals surface area contributed by atoms with E-state index in [0.717, 1.165) is 14.4 Å². The van der Waals surface area contributed by atoms with Gasteiger partial charge in [0.05, 0.1) is 41.8 Å². The number of aliphatic hydroxyl groups excluding tert-OH is 1. The van der Waals surface area contributed by atoms with Gasteiger partial charge in [0, 0.05) is 25.7 Å². The van der Waals surface area contributed by atoms with Crippen molar-refractivity contribution in [1.29, 1.82) is 0 Å². The Kier molecular flexibility index (Phi) is 7.76. The molecule has 2 aromatic carbocycles. The van der Waals surface area contributed by atoms with Crippen molar-refractivity contribution >= 4 is 32.7 Å². The first-order chi connectivity index (χ1) is 15.6. The van der Waals surface area contributed by atoms with E-state index in [1.165, 1.54) is 36.9 Å². The van der Waals surface area contributed by atoms with Crippen molar-refractivity contribution in [2.75, 3.05) is 20.7 Å². The smallest absolute Gasteiger partial charge is 0.317 e. The molecule has 0 spiro atoms. The summed E-state index contributed by atoms with van der Waals surface area (Å²) in [7, 11) is -0.962. The Morgan fingerprint density at radius 3 is 2.27 bits per heavy atom. The minimum atomic E-state index is -3.77. The lowest BCUT2D eigenvalue weighted by Crippen LogP contribution is -2.43. The fraction of sp³-hybridized carbons (Fsp3) is 0.364. The molecule has 1 N–H and O–H groups in total. The predicted molar refractivity (Wildman–Crippen MR) is 126 cm³/mol. The van der Waals surface area contributed by atoms with Crippen molar-refractivity contribution in [2.24, 2.45) is 0 Å². The van der Waals surface area contributed by atoms with Crippen molar-refractivity contribution in [3.05, 3.63) is 73.8 Å². The lowest BCUT2D eigenvalue weighted by atomic mass is 10.2. The largest absolute Gasteiger partial charge is 0.389 e. The minimum Gasteiger partial charge on any atom is -0.389 e. The van der Waals surface area contributed by atoms with Crippen molar-refractivity contribution in [1.82, 2.24) is 13.4 Å². The highest BCUT2D eigenvalue weighted by Gasteiger charge is 2.21. The number of fused-ring (bicyclic) bond motifs is 1. The highest BCUT2D eigenvalue weighted by Crippen LogP contribution is 2.20. The molecule has 0 amide bonds. The summed E-state index contributed by atoms with van der Waals surface area (Å²) in [5.41, 5.74) is -0.100. The third-order valence-electron chi connectivity index (χ3n) is 5.18. The molecule has 0 bridgehead atoms. The van der Waals surface area contributed by atoms with Gasteiger partial charge in [-0.25, -0.2) is 12.7 Å². The topological polar surface area (TPSA) is 111 Å². The molecular weight excluding hydrogens is 470 g/mol. The Labute approximate surface area is 196 Å². The van der Waals surface area contributed by atoms with Gasteiger partial charge in [-0.15, -0.1) is 0 Å². The van der Waals surface area contributed by atoms with Crippen molar-refractivity contribution in [3.63, 3.8) is 0 Å². The third-order valence-corrected chi connectivity index (χ3v) is 7.25. The van der Waals surface area contributed by atoms with E-state index in [2.05, 4.69) is 0 Å². The average Bonchev–Trinajstić information content (AvgIpc) is 2.78. The van der Waals surface area contributed by atoms with Crippen LogP contribution in [0.4, 0.5) is 0 Å². The van der Waals surface area contributed by atoms with E-state index in [1.54, 1.807) is 31.2 Å². The summed E-state index contributed by atoms with van der Waals surface area (Å²) < 4.78 is 34.2. The van der Waals surface area contributed by atoms with E-state index in [0.29, 0.717) is 10.5 Å². The highest BCUT2D eigenvalue weighted by molar-refractivity contribution is 7.89. The number of halogens is 1. The highest BCUT2D eigenvalue weighted by atomic mass is 35.5. The van der Waals surface area contributed by atoms with Gasteiger partial charge >= 0.3 is 11.1 Å². The molecule has 9 nitrogen and oxygen atoms in total. The molecule has 1 aromatic heterocycles. The zero-order valence-electron chi connectivity index (χ0n) is 18.6. The fourth-order valence-electron chi connectivity index (χ4n) is 3.42. The standard InChI is InChI=1S/C22H26ClN3O6S/c1-4-25-19-10-9-18(33(30,31)24(2)3)11-20(19)26(22(29)21(25)28)12-17(27)14-32-13-15-5-7-16(23)8-6-15/h5-11,17,27H,4,12-14H2,1-3H3/t17-/m1/s1. The summed E-state index contributed by atoms with van der Waals surface area (Å²) in [6, 6.07) is 11.3. The van der Waals surface area contributed by atoms with Gasteiger partial charge in [0.2, 0.25) is 10.0 Å². The normalized spacial score (nSPS) is 13.0. The van der Waals surface area contributed by atoms with Crippen LogP contribution in [0.2, 0.25) is 5.02 Å². The van der Waals surface area contributed by atoms with Crippen LogP contribution in [0.15, 0.2) is 56.9 Å². The summed E-state index contributed by atoms with van der Waals surface area (Å²) in [6.45, 7) is 1.85. The second kappa shape index (κ2) is 10.2. The molecule has 0 aliphatic heterocycles. The Morgan fingerprint density at radius 1 is 1.03 bits per heavy atom. The Hall–Kier alpha value is -2.50. The number of ether oxygens (including phenoxy) is 1. The van der Waals surface area contributed by atoms with Crippen molar-refractivity contribution in [2.45, 2.75) is 37.6 Å². The average molecular weight is 496 g/mol. The predicted octanol–water partition coefficient (Wildman–Crippen LogP) is 1.66. The first-order valence-corrected chi connectivity index (χ1v) is 12.1. The molecule has 0 radical (unpaired) electrons. The number of aromatic nitrogens is 2. The van der Waals surface area contributed by atoms with Crippen LogP contribution >= 0.6 is 11.6 Å². The second-order valence-electron chi connectivity index (χ2n) is 7.70. The fourth-order valence-corrected chi connectivity index (χ4v) is 4.47. The van der Waals surface area contributed by atoms with Crippen molar-refractivity contribution in [3.8, 4) is 0 Å². The number of hydrogen-bond acceptors (Lipinski definition) is 6. The number of nitrogens with zero attached hydrogens (tertiary/aromatic N) is 3. The van der Waals surface area contributed by atoms with Crippen LogP contribution in [-0.2, 0) is 34.5 Å². The van der Waals surface area contributed by atoms with Crippen LogP contribution in [0, 0.1) is 0 Å². The zero-order valence-corrected chi connectivity index (χ0v) is 20.1. The maximum atomic E-state index is 12.8. The van der Waals surface area contributed by atoms with Crippen molar-refractivity contribution < 1.29 is 18.3 Å². The number of hydrogen-bond donors (Lipinski definition) is 1. The molecule has 178 valence electrons. The van der Waals surface area contributed by atoms with E-state index >= 15 is 0 Å². The first kappa shape index (κ1) is 25.1. The van der Waals surface area contributed by atoms with Gasteiger partial charge in [0.1, 0.15) is 0 Å². The van der Waals surface area contributed by atoms with Gasteiger partial charge in [-0.2, -0.15) is 0 Å². The second-order valence-corrected chi connectivity index (χ2v) is 10.3. The molecule has 3 aromatic rings. The SMILES string of the molecule is CCn1c(=O)c(=O)n(C[C@@H](O)COCc2ccc(Cl)cc2)c2cc(S(=O)(=O)N(C)C)ccc21. The minimum absolute atomic E-state index is 0.0251. The monoisotopic (exact) mass is 495 g/mol. The molecule has 11 heteroatoms. The van der Waals surface area contributed by atoms with E-state index in [9.17, 15) is 23.1 Å². The molecular formula is C22H26ClN3O6S. The van der Waals surface area contributed by atoms with Gasteiger partial charge in [-0.05, 0) is 42.8 Å². The van der Waals surface area contributed by atoms with E-state index in [4.69, 9.17) is 16.3 Å². The molecule has 1 heterocycles. The molecule has 1 atom stereocenters. The van der Waals surface area contributed by atoms with Gasteiger partial charge in [-0.1, -0.05) is 23.7 Å². The van der Waals surface area contributed by atoms with Crippen LogP contribution in [0.5, 0.6) is 0 Å². The molecule has 0 aliphatic carbocycles. The van der Waals surface area contributed by atoms with E-state index in [-0.39, 0.29) is 36.7 Å². The van der Waals surface area contributed by atoms with Gasteiger partial charge in [0.15, 0.2) is 0 Å². The molecule has 0 saturated carbocycles. The lowest BCUT2D eigenvalue weighted by Gasteiger charge is -2.19. The molecule has 3 rings (SSSR count). The number of rotatable bonds is 9. The number of sulfonamides is 1. The van der Waals surface area contributed by atoms with E-state index in [1.807, 2.05) is 0 Å². The summed E-state index contributed by atoms with van der Waals surface area (Å²) >= 11 is 5.86. The molecule has 0 fully saturated rings. The zero-order chi connectivity index (χ0) is 24.3. The lowest BCUT2D eigenvalue weighted by molar-refractivity contribution is 0.0204. The Bertz CT molecular complexity index is 1360. The van der Waals surface area contributed by atoms with E-state index < -0.39 is 27.2 Å². The van der Waals surface area contributed by atoms with Crippen LogP contribution in [0.25, 0.3) is 11.0 Å². The number of aliphatic hydroxyl groups is 1. The Balaban J connectivity index is 1.94. The molecule has 33 heavy (non-hydrogen) atoms. The summed E-state index contributed by atoms with van der Waals surface area (Å²) in [6.07, 6.45) is -1.11. The van der Waals surface area contributed by atoms with Gasteiger partial charge < -0.3 is 14.4 Å². The maximum absolute atomic E-state index is 12.8. The van der Waals surface area contributed by atoms with Crippen LogP contribution < -0.4 is 11.1 Å². The Morgan fingerprint density at radius 2 is 1.67 bits per heavy atom. The number of benzene rings is 2. The van der Waals surface area contributed by atoms with Gasteiger partial charge in [0.25, 0.3) is 0 Å². The third kappa shape index (κ3) is 5.36.